The number of benzene rings is 2. The largest absolute Gasteiger partial charge is 0.358 e. The van der Waals surface area contributed by atoms with E-state index in [1.165, 1.54) is 4.90 Å². The van der Waals surface area contributed by atoms with E-state index >= 15 is 0 Å². The number of thioether (sulfide) groups is 1. The summed E-state index contributed by atoms with van der Waals surface area (Å²) in [6.45, 7) is 2.57. The van der Waals surface area contributed by atoms with E-state index in [9.17, 15) is 4.79 Å². The van der Waals surface area contributed by atoms with E-state index in [0.717, 1.165) is 11.1 Å². The fourth-order valence-corrected chi connectivity index (χ4v) is 2.42. The zero-order valence-electron chi connectivity index (χ0n) is 12.6. The van der Waals surface area contributed by atoms with Crippen molar-refractivity contribution in [2.45, 2.75) is 18.4 Å². The summed E-state index contributed by atoms with van der Waals surface area (Å²) in [5, 5.41) is 6.06. The van der Waals surface area contributed by atoms with Crippen LogP contribution >= 0.6 is 24.0 Å². The van der Waals surface area contributed by atoms with Crippen molar-refractivity contribution in [3.05, 3.63) is 65.2 Å². The van der Waals surface area contributed by atoms with Crippen molar-refractivity contribution in [1.29, 1.82) is 0 Å². The molecule has 0 aromatic heterocycles. The molecule has 1 amide bonds. The van der Waals surface area contributed by atoms with E-state index in [2.05, 4.69) is 22.8 Å². The number of hydrogen-bond acceptors (Lipinski definition) is 3. The summed E-state index contributed by atoms with van der Waals surface area (Å²) in [5.41, 5.74) is 2.83. The average Bonchev–Trinajstić information content (AvgIpc) is 2.54. The van der Waals surface area contributed by atoms with Crippen LogP contribution in [0.25, 0.3) is 0 Å². The Kier molecular flexibility index (Phi) is 5.98. The van der Waals surface area contributed by atoms with Gasteiger partial charge in [-0.25, -0.2) is 0 Å². The number of nitrogens with one attached hydrogen (secondary N) is 2. The Labute approximate surface area is 140 Å². The van der Waals surface area contributed by atoms with Crippen LogP contribution in [0.1, 0.15) is 21.5 Å². The Morgan fingerprint density at radius 2 is 1.73 bits per heavy atom. The van der Waals surface area contributed by atoms with Gasteiger partial charge in [-0.1, -0.05) is 29.8 Å². The lowest BCUT2D eigenvalue weighted by atomic mass is 10.1. The van der Waals surface area contributed by atoms with E-state index in [4.69, 9.17) is 12.2 Å². The van der Waals surface area contributed by atoms with Crippen LogP contribution in [0.3, 0.4) is 0 Å². The molecule has 2 aromatic carbocycles. The summed E-state index contributed by atoms with van der Waals surface area (Å²) in [7, 11) is 0. The molecule has 0 fully saturated rings. The van der Waals surface area contributed by atoms with Crippen molar-refractivity contribution < 1.29 is 4.79 Å². The fraction of sp³-hybridized carbons (Fsp3) is 0.176. The Morgan fingerprint density at radius 1 is 1.09 bits per heavy atom. The van der Waals surface area contributed by atoms with Crippen molar-refractivity contribution in [1.82, 2.24) is 10.6 Å². The van der Waals surface area contributed by atoms with Crippen LogP contribution in [0.5, 0.6) is 0 Å². The number of carbonyl (C=O) groups is 1. The SMILES string of the molecule is CSc1ccc(CNC(=S)NC(=O)c2ccc(C)cc2)cc1. The van der Waals surface area contributed by atoms with Crippen LogP contribution in [0, 0.1) is 6.92 Å². The Bertz CT molecular complexity index is 651. The van der Waals surface area contributed by atoms with Crippen LogP contribution in [-0.4, -0.2) is 17.3 Å². The molecule has 0 atom stereocenters. The first-order valence-corrected chi connectivity index (χ1v) is 8.50. The van der Waals surface area contributed by atoms with Gasteiger partial charge in [0.05, 0.1) is 0 Å². The molecule has 3 nitrogen and oxygen atoms in total. The second-order valence-corrected chi connectivity index (χ2v) is 6.14. The first kappa shape index (κ1) is 16.5. The van der Waals surface area contributed by atoms with E-state index < -0.39 is 0 Å². The smallest absolute Gasteiger partial charge is 0.257 e. The van der Waals surface area contributed by atoms with Gasteiger partial charge >= 0.3 is 0 Å². The molecule has 2 rings (SSSR count). The second kappa shape index (κ2) is 7.96. The van der Waals surface area contributed by atoms with Crippen molar-refractivity contribution in [2.75, 3.05) is 6.26 Å². The summed E-state index contributed by atoms with van der Waals surface area (Å²) in [5.74, 6) is -0.199. The summed E-state index contributed by atoms with van der Waals surface area (Å²) in [4.78, 5) is 13.2. The van der Waals surface area contributed by atoms with E-state index in [1.54, 1.807) is 23.9 Å². The lowest BCUT2D eigenvalue weighted by molar-refractivity contribution is 0.0976. The molecule has 114 valence electrons. The maximum atomic E-state index is 12.0. The fourth-order valence-electron chi connectivity index (χ4n) is 1.85. The summed E-state index contributed by atoms with van der Waals surface area (Å²) < 4.78 is 0. The number of rotatable bonds is 4. The first-order valence-electron chi connectivity index (χ1n) is 6.87. The molecule has 0 bridgehead atoms. The highest BCUT2D eigenvalue weighted by Crippen LogP contribution is 2.14. The molecule has 0 radical (unpaired) electrons. The van der Waals surface area contributed by atoms with E-state index in [1.807, 2.05) is 37.4 Å². The van der Waals surface area contributed by atoms with Crippen molar-refractivity contribution in [3.63, 3.8) is 0 Å². The van der Waals surface area contributed by atoms with Gasteiger partial charge in [-0.05, 0) is 55.2 Å². The topological polar surface area (TPSA) is 41.1 Å². The molecular formula is C17H18N2OS2. The van der Waals surface area contributed by atoms with Crippen molar-refractivity contribution in [3.8, 4) is 0 Å². The molecular weight excluding hydrogens is 312 g/mol. The van der Waals surface area contributed by atoms with Crippen LogP contribution < -0.4 is 10.6 Å². The van der Waals surface area contributed by atoms with Gasteiger partial charge in [0.25, 0.3) is 5.91 Å². The third-order valence-electron chi connectivity index (χ3n) is 3.15. The third-order valence-corrected chi connectivity index (χ3v) is 4.14. The molecule has 22 heavy (non-hydrogen) atoms. The minimum absolute atomic E-state index is 0.199. The minimum Gasteiger partial charge on any atom is -0.358 e. The number of amides is 1. The Balaban J connectivity index is 1.84. The monoisotopic (exact) mass is 330 g/mol. The molecule has 0 aliphatic rings. The molecule has 0 unspecified atom stereocenters. The first-order chi connectivity index (χ1) is 10.6. The molecule has 2 aromatic rings. The molecule has 2 N–H and O–H groups in total. The van der Waals surface area contributed by atoms with Crippen molar-refractivity contribution >= 4 is 35.0 Å². The Hall–Kier alpha value is -1.85. The highest BCUT2D eigenvalue weighted by molar-refractivity contribution is 7.98. The predicted octanol–water partition coefficient (Wildman–Crippen LogP) is 3.52. The van der Waals surface area contributed by atoms with Gasteiger partial charge in [0.2, 0.25) is 0 Å². The molecule has 5 heteroatoms. The van der Waals surface area contributed by atoms with Crippen LogP contribution in [-0.2, 0) is 6.54 Å². The average molecular weight is 330 g/mol. The second-order valence-electron chi connectivity index (χ2n) is 4.85. The maximum Gasteiger partial charge on any atom is 0.257 e. The predicted molar refractivity (Wildman–Crippen MR) is 96.3 cm³/mol. The van der Waals surface area contributed by atoms with Gasteiger partial charge in [0.1, 0.15) is 0 Å². The highest BCUT2D eigenvalue weighted by atomic mass is 32.2. The molecule has 0 saturated heterocycles. The maximum absolute atomic E-state index is 12.0. The molecule has 0 aliphatic carbocycles. The number of thiocarbonyl (C=S) groups is 1. The zero-order chi connectivity index (χ0) is 15.9. The number of carbonyl (C=O) groups excluding carboxylic acids is 1. The van der Waals surface area contributed by atoms with Gasteiger partial charge in [0.15, 0.2) is 5.11 Å². The standard InChI is InChI=1S/C17H18N2OS2/c1-12-3-7-14(8-4-12)16(20)19-17(21)18-11-13-5-9-15(22-2)10-6-13/h3-10H,11H2,1-2H3,(H2,18,19,20,21). The minimum atomic E-state index is -0.199. The lowest BCUT2D eigenvalue weighted by Gasteiger charge is -2.10. The lowest BCUT2D eigenvalue weighted by Crippen LogP contribution is -2.38. The van der Waals surface area contributed by atoms with Gasteiger partial charge < -0.3 is 5.32 Å². The van der Waals surface area contributed by atoms with E-state index in [-0.39, 0.29) is 5.91 Å². The van der Waals surface area contributed by atoms with E-state index in [0.29, 0.717) is 17.2 Å². The third kappa shape index (κ3) is 4.86. The highest BCUT2D eigenvalue weighted by Gasteiger charge is 2.07. The zero-order valence-corrected chi connectivity index (χ0v) is 14.2. The molecule has 0 spiro atoms. The molecule has 0 aliphatic heterocycles. The number of aryl methyl sites for hydroxylation is 1. The van der Waals surface area contributed by atoms with Crippen molar-refractivity contribution in [2.24, 2.45) is 0 Å². The summed E-state index contributed by atoms with van der Waals surface area (Å²) in [6, 6.07) is 15.6. The van der Waals surface area contributed by atoms with Crippen LogP contribution in [0.2, 0.25) is 0 Å². The Morgan fingerprint density at radius 3 is 2.32 bits per heavy atom. The van der Waals surface area contributed by atoms with Gasteiger partial charge in [-0.3, -0.25) is 10.1 Å². The summed E-state index contributed by atoms with van der Waals surface area (Å²) in [6.07, 6.45) is 2.04. The molecule has 0 heterocycles. The van der Waals surface area contributed by atoms with Crippen LogP contribution in [0.4, 0.5) is 0 Å². The van der Waals surface area contributed by atoms with Gasteiger partial charge in [0, 0.05) is 17.0 Å². The van der Waals surface area contributed by atoms with Gasteiger partial charge in [-0.2, -0.15) is 0 Å². The quantitative estimate of drug-likeness (QED) is 0.665. The summed E-state index contributed by atoms with van der Waals surface area (Å²) >= 11 is 6.86. The molecule has 0 saturated carbocycles. The van der Waals surface area contributed by atoms with Gasteiger partial charge in [-0.15, -0.1) is 11.8 Å². The number of hydrogen-bond donors (Lipinski definition) is 2. The normalized spacial score (nSPS) is 10.1. The van der Waals surface area contributed by atoms with Crippen LogP contribution in [0.15, 0.2) is 53.4 Å².